The van der Waals surface area contributed by atoms with Gasteiger partial charge in [-0.05, 0) is 50.2 Å². The zero-order chi connectivity index (χ0) is 24.3. The number of hydrogen-bond donors (Lipinski definition) is 1. The monoisotopic (exact) mass is 469 g/mol. The largest absolute Gasteiger partial charge is 0.511 e. The zero-order valence-electron chi connectivity index (χ0n) is 19.9. The molecule has 2 aromatic rings. The molecule has 0 radical (unpaired) electrons. The summed E-state index contributed by atoms with van der Waals surface area (Å²) in [4.78, 5) is 26.3. The lowest BCUT2D eigenvalue weighted by Crippen LogP contribution is -2.49. The third-order valence-electron chi connectivity index (χ3n) is 6.96. The van der Waals surface area contributed by atoms with E-state index in [9.17, 15) is 14.7 Å². The smallest absolute Gasteiger partial charge is 0.345 e. The third-order valence-corrected chi connectivity index (χ3v) is 6.96. The first-order valence-corrected chi connectivity index (χ1v) is 11.7. The van der Waals surface area contributed by atoms with Gasteiger partial charge in [0.2, 0.25) is 0 Å². The number of aliphatic hydroxyl groups is 1. The fourth-order valence-corrected chi connectivity index (χ4v) is 5.21. The number of aryl methyl sites for hydroxylation is 2. The molecular weight excluding hydrogens is 438 g/mol. The van der Waals surface area contributed by atoms with Gasteiger partial charge in [-0.25, -0.2) is 4.79 Å². The highest BCUT2D eigenvalue weighted by Gasteiger charge is 2.50. The minimum absolute atomic E-state index is 0.0523. The van der Waals surface area contributed by atoms with Crippen LogP contribution in [0.3, 0.4) is 0 Å². The van der Waals surface area contributed by atoms with Crippen LogP contribution in [0.15, 0.2) is 40.1 Å². The lowest BCUT2D eigenvalue weighted by atomic mass is 9.75. The van der Waals surface area contributed by atoms with Crippen molar-refractivity contribution in [2.45, 2.75) is 63.9 Å². The molecule has 1 aromatic heterocycles. The van der Waals surface area contributed by atoms with Crippen LogP contribution in [0.5, 0.6) is 11.5 Å². The van der Waals surface area contributed by atoms with Gasteiger partial charge in [-0.2, -0.15) is 0 Å². The van der Waals surface area contributed by atoms with Crippen molar-refractivity contribution >= 4 is 11.8 Å². The van der Waals surface area contributed by atoms with E-state index in [1.807, 2.05) is 18.2 Å². The molecule has 1 aliphatic carbocycles. The van der Waals surface area contributed by atoms with Crippen LogP contribution in [0.25, 0.3) is 0 Å². The van der Waals surface area contributed by atoms with Crippen LogP contribution in [0.2, 0.25) is 0 Å². The average Bonchev–Trinajstić information content (AvgIpc) is 3.49. The van der Waals surface area contributed by atoms with Crippen LogP contribution in [-0.2, 0) is 27.2 Å². The van der Waals surface area contributed by atoms with Gasteiger partial charge in [-0.3, -0.25) is 4.79 Å². The Hall–Kier alpha value is -3.29. The van der Waals surface area contributed by atoms with E-state index in [1.165, 1.54) is 0 Å². The molecule has 1 aromatic carbocycles. The maximum atomic E-state index is 13.2. The molecule has 1 atom stereocenters. The standard InChI is InChI=1S/C26H31NO7/c1-16-12-20(34-27-16)13-21(28)24-22(29)15-26(33-25(24)30,18-6-4-5-7-18)11-10-17-8-9-19(31-2)14-23(17)32-3/h8-9,12,14,18,28H,4-7,10-11,13,15H2,1-3H3. The Kier molecular flexibility index (Phi) is 6.95. The minimum Gasteiger partial charge on any atom is -0.511 e. The van der Waals surface area contributed by atoms with Crippen LogP contribution in [0.1, 0.15) is 55.5 Å². The molecule has 1 aliphatic heterocycles. The summed E-state index contributed by atoms with van der Waals surface area (Å²) >= 11 is 0. The molecule has 2 fully saturated rings. The Morgan fingerprint density at radius 1 is 1.18 bits per heavy atom. The number of rotatable bonds is 8. The van der Waals surface area contributed by atoms with E-state index in [0.717, 1.165) is 31.2 Å². The van der Waals surface area contributed by atoms with Gasteiger partial charge in [-0.1, -0.05) is 24.1 Å². The second kappa shape index (κ2) is 9.91. The number of methoxy groups -OCH3 is 2. The van der Waals surface area contributed by atoms with E-state index in [1.54, 1.807) is 27.2 Å². The molecule has 2 aliphatic rings. The number of nitrogens with zero attached hydrogens (tertiary/aromatic N) is 1. The van der Waals surface area contributed by atoms with Gasteiger partial charge in [0.05, 0.1) is 32.8 Å². The Morgan fingerprint density at radius 3 is 2.56 bits per heavy atom. The van der Waals surface area contributed by atoms with Gasteiger partial charge < -0.3 is 23.8 Å². The molecular formula is C26H31NO7. The summed E-state index contributed by atoms with van der Waals surface area (Å²) in [7, 11) is 3.20. The Bertz CT molecular complexity index is 1070. The number of aliphatic hydroxyl groups excluding tert-OH is 1. The molecule has 1 saturated carbocycles. The van der Waals surface area contributed by atoms with Crippen LogP contribution in [0, 0.1) is 12.8 Å². The van der Waals surface area contributed by atoms with Crippen LogP contribution in [0.4, 0.5) is 0 Å². The topological polar surface area (TPSA) is 108 Å². The lowest BCUT2D eigenvalue weighted by molar-refractivity contribution is -0.171. The maximum absolute atomic E-state index is 13.2. The molecule has 8 heteroatoms. The quantitative estimate of drug-likeness (QED) is 0.262. The van der Waals surface area contributed by atoms with E-state index in [-0.39, 0.29) is 30.1 Å². The lowest BCUT2D eigenvalue weighted by Gasteiger charge is -2.41. The number of allylic oxidation sites excluding steroid dienone is 1. The van der Waals surface area contributed by atoms with Crippen LogP contribution < -0.4 is 9.47 Å². The van der Waals surface area contributed by atoms with E-state index >= 15 is 0 Å². The summed E-state index contributed by atoms with van der Waals surface area (Å²) in [5.41, 5.74) is 0.417. The second-order valence-corrected chi connectivity index (χ2v) is 9.15. The molecule has 1 saturated heterocycles. The van der Waals surface area contributed by atoms with Crippen molar-refractivity contribution in [3.8, 4) is 11.5 Å². The number of carbonyl (C=O) groups excluding carboxylic acids is 2. The second-order valence-electron chi connectivity index (χ2n) is 9.15. The Morgan fingerprint density at radius 2 is 1.94 bits per heavy atom. The predicted octanol–water partition coefficient (Wildman–Crippen LogP) is 4.43. The molecule has 8 nitrogen and oxygen atoms in total. The van der Waals surface area contributed by atoms with Crippen molar-refractivity contribution in [3.05, 3.63) is 52.6 Å². The fraction of sp³-hybridized carbons (Fsp3) is 0.500. The number of benzene rings is 1. The first kappa shape index (κ1) is 23.9. The zero-order valence-corrected chi connectivity index (χ0v) is 19.9. The Balaban J connectivity index is 1.58. The summed E-state index contributed by atoms with van der Waals surface area (Å²) in [5, 5.41) is 14.4. The van der Waals surface area contributed by atoms with Gasteiger partial charge in [0.1, 0.15) is 34.2 Å². The summed E-state index contributed by atoms with van der Waals surface area (Å²) in [5.74, 6) is 0.361. The normalized spacial score (nSPS) is 22.6. The number of hydrogen-bond acceptors (Lipinski definition) is 8. The minimum atomic E-state index is -0.901. The van der Waals surface area contributed by atoms with Crippen molar-refractivity contribution < 1.29 is 33.4 Å². The SMILES string of the molecule is COc1ccc(CCC2(C3CCCC3)CC(=O)C(=C(O)Cc3cc(C)no3)C(=O)O2)c(OC)c1. The number of carbonyl (C=O) groups is 2. The van der Waals surface area contributed by atoms with Gasteiger partial charge in [0.25, 0.3) is 0 Å². The number of ketones is 1. The van der Waals surface area contributed by atoms with E-state index in [2.05, 4.69) is 5.16 Å². The molecule has 34 heavy (non-hydrogen) atoms. The number of Topliss-reactive ketones (excluding diaryl/α,β-unsaturated/α-hetero) is 1. The predicted molar refractivity (Wildman–Crippen MR) is 123 cm³/mol. The molecule has 0 bridgehead atoms. The van der Waals surface area contributed by atoms with Gasteiger partial charge in [-0.15, -0.1) is 0 Å². The van der Waals surface area contributed by atoms with Crippen molar-refractivity contribution in [3.63, 3.8) is 0 Å². The van der Waals surface area contributed by atoms with Crippen molar-refractivity contribution in [1.82, 2.24) is 5.16 Å². The summed E-state index contributed by atoms with van der Waals surface area (Å²) in [6, 6.07) is 7.27. The highest BCUT2D eigenvalue weighted by molar-refractivity contribution is 6.19. The van der Waals surface area contributed by atoms with Crippen molar-refractivity contribution in [1.29, 1.82) is 0 Å². The molecule has 1 N–H and O–H groups in total. The first-order valence-electron chi connectivity index (χ1n) is 11.7. The van der Waals surface area contributed by atoms with Crippen LogP contribution >= 0.6 is 0 Å². The average molecular weight is 470 g/mol. The molecule has 1 unspecified atom stereocenters. The molecule has 182 valence electrons. The highest BCUT2D eigenvalue weighted by Crippen LogP contribution is 2.45. The van der Waals surface area contributed by atoms with Crippen LogP contribution in [-0.4, -0.2) is 41.8 Å². The molecule has 4 rings (SSSR count). The van der Waals surface area contributed by atoms with E-state index < -0.39 is 17.4 Å². The number of esters is 1. The molecule has 2 heterocycles. The molecule has 0 spiro atoms. The van der Waals surface area contributed by atoms with E-state index in [0.29, 0.717) is 35.8 Å². The van der Waals surface area contributed by atoms with Gasteiger partial charge >= 0.3 is 5.97 Å². The summed E-state index contributed by atoms with van der Waals surface area (Å²) in [6.45, 7) is 1.75. The third kappa shape index (κ3) is 4.81. The fourth-order valence-electron chi connectivity index (χ4n) is 5.21. The summed E-state index contributed by atoms with van der Waals surface area (Å²) in [6.07, 6.45) is 4.93. The Labute approximate surface area is 198 Å². The van der Waals surface area contributed by atoms with Gasteiger partial charge in [0, 0.05) is 12.1 Å². The number of cyclic esters (lactones) is 1. The maximum Gasteiger partial charge on any atom is 0.345 e. The summed E-state index contributed by atoms with van der Waals surface area (Å²) < 4.78 is 22.0. The number of aromatic nitrogens is 1. The highest BCUT2D eigenvalue weighted by atomic mass is 16.6. The van der Waals surface area contributed by atoms with Crippen molar-refractivity contribution in [2.75, 3.05) is 14.2 Å². The van der Waals surface area contributed by atoms with Crippen molar-refractivity contribution in [2.24, 2.45) is 5.92 Å². The first-order chi connectivity index (χ1) is 16.3. The van der Waals surface area contributed by atoms with E-state index in [4.69, 9.17) is 18.7 Å². The molecule has 0 amide bonds. The number of ether oxygens (including phenoxy) is 3. The van der Waals surface area contributed by atoms with Gasteiger partial charge in [0.15, 0.2) is 5.78 Å².